The second-order valence-corrected chi connectivity index (χ2v) is 4.22. The molecule has 0 saturated carbocycles. The number of hydrogen-bond acceptors (Lipinski definition) is 2. The largest absolute Gasteiger partial charge is 0.497 e. The summed E-state index contributed by atoms with van der Waals surface area (Å²) in [4.78, 5) is 0. The van der Waals surface area contributed by atoms with Crippen LogP contribution in [0.15, 0.2) is 18.3 Å². The third kappa shape index (κ3) is 1.96. The van der Waals surface area contributed by atoms with Gasteiger partial charge in [-0.1, -0.05) is 0 Å². The molecular formula is C10H10BrClN2O. The Bertz CT molecular complexity index is 483. The average Bonchev–Trinajstić information content (AvgIpc) is 2.61. The first-order chi connectivity index (χ1) is 7.26. The lowest BCUT2D eigenvalue weighted by Crippen LogP contribution is -1.93. The van der Waals surface area contributed by atoms with Gasteiger partial charge in [0.1, 0.15) is 5.75 Å². The second kappa shape index (κ2) is 4.41. The standard InChI is InChI=1S/C10H10BrClN2O/c1-15-9-4-7(2-3-12)10-8(5-9)6-13-14(10)11/h4-6H,2-3H2,1H3. The molecule has 0 N–H and O–H groups in total. The molecule has 0 amide bonds. The highest BCUT2D eigenvalue weighted by molar-refractivity contribution is 9.08. The van der Waals surface area contributed by atoms with Gasteiger partial charge in [0.25, 0.3) is 0 Å². The fourth-order valence-electron chi connectivity index (χ4n) is 1.59. The molecule has 2 aromatic rings. The van der Waals surface area contributed by atoms with Gasteiger partial charge >= 0.3 is 0 Å². The number of alkyl halides is 1. The highest BCUT2D eigenvalue weighted by Crippen LogP contribution is 2.26. The van der Waals surface area contributed by atoms with Crippen LogP contribution in [-0.2, 0) is 6.42 Å². The summed E-state index contributed by atoms with van der Waals surface area (Å²) in [7, 11) is 1.66. The van der Waals surface area contributed by atoms with Crippen LogP contribution >= 0.6 is 27.7 Å². The van der Waals surface area contributed by atoms with Crippen molar-refractivity contribution in [3.05, 3.63) is 23.9 Å². The van der Waals surface area contributed by atoms with Gasteiger partial charge in [-0.25, -0.2) is 0 Å². The summed E-state index contributed by atoms with van der Waals surface area (Å²) >= 11 is 9.12. The Morgan fingerprint density at radius 1 is 1.53 bits per heavy atom. The molecule has 80 valence electrons. The van der Waals surface area contributed by atoms with Crippen molar-refractivity contribution < 1.29 is 4.74 Å². The zero-order chi connectivity index (χ0) is 10.8. The van der Waals surface area contributed by atoms with Crippen molar-refractivity contribution in [1.29, 1.82) is 0 Å². The van der Waals surface area contributed by atoms with Crippen LogP contribution in [0.25, 0.3) is 10.9 Å². The molecule has 3 nitrogen and oxygen atoms in total. The lowest BCUT2D eigenvalue weighted by atomic mass is 10.1. The lowest BCUT2D eigenvalue weighted by Gasteiger charge is -2.05. The summed E-state index contributed by atoms with van der Waals surface area (Å²) < 4.78 is 6.91. The topological polar surface area (TPSA) is 27.1 Å². The quantitative estimate of drug-likeness (QED) is 0.812. The first-order valence-electron chi connectivity index (χ1n) is 4.53. The summed E-state index contributed by atoms with van der Waals surface area (Å²) in [6.45, 7) is 0. The number of benzene rings is 1. The molecule has 0 aliphatic heterocycles. The van der Waals surface area contributed by atoms with E-state index in [0.717, 1.165) is 28.6 Å². The number of fused-ring (bicyclic) bond motifs is 1. The third-order valence-electron chi connectivity index (χ3n) is 2.27. The van der Waals surface area contributed by atoms with E-state index in [4.69, 9.17) is 16.3 Å². The molecule has 1 heterocycles. The molecule has 0 bridgehead atoms. The van der Waals surface area contributed by atoms with E-state index in [1.54, 1.807) is 17.0 Å². The molecule has 1 aromatic carbocycles. The summed E-state index contributed by atoms with van der Waals surface area (Å²) in [5.74, 6) is 1.42. The Kier molecular flexibility index (Phi) is 3.17. The van der Waals surface area contributed by atoms with E-state index in [2.05, 4.69) is 21.2 Å². The van der Waals surface area contributed by atoms with Crippen molar-refractivity contribution in [2.24, 2.45) is 0 Å². The van der Waals surface area contributed by atoms with Gasteiger partial charge < -0.3 is 4.74 Å². The number of aryl methyl sites for hydroxylation is 1. The zero-order valence-corrected chi connectivity index (χ0v) is 10.5. The van der Waals surface area contributed by atoms with Crippen molar-refractivity contribution in [1.82, 2.24) is 8.81 Å². The molecule has 0 aliphatic rings. The summed E-state index contributed by atoms with van der Waals surface area (Å²) in [5.41, 5.74) is 2.19. The maximum absolute atomic E-state index is 5.77. The molecule has 2 rings (SSSR count). The van der Waals surface area contributed by atoms with Crippen LogP contribution in [0.3, 0.4) is 0 Å². The number of nitrogens with zero attached hydrogens (tertiary/aromatic N) is 2. The monoisotopic (exact) mass is 288 g/mol. The van der Waals surface area contributed by atoms with Crippen molar-refractivity contribution >= 4 is 38.7 Å². The average molecular weight is 290 g/mol. The highest BCUT2D eigenvalue weighted by atomic mass is 79.9. The van der Waals surface area contributed by atoms with E-state index in [-0.39, 0.29) is 0 Å². The minimum atomic E-state index is 0.584. The lowest BCUT2D eigenvalue weighted by molar-refractivity contribution is 0.415. The van der Waals surface area contributed by atoms with Gasteiger partial charge in [-0.2, -0.15) is 8.81 Å². The molecule has 15 heavy (non-hydrogen) atoms. The van der Waals surface area contributed by atoms with Gasteiger partial charge in [0.15, 0.2) is 0 Å². The molecule has 0 fully saturated rings. The van der Waals surface area contributed by atoms with E-state index >= 15 is 0 Å². The number of halogens is 2. The zero-order valence-electron chi connectivity index (χ0n) is 8.20. The number of hydrogen-bond donors (Lipinski definition) is 0. The van der Waals surface area contributed by atoms with Crippen molar-refractivity contribution in [2.75, 3.05) is 13.0 Å². The van der Waals surface area contributed by atoms with E-state index in [9.17, 15) is 0 Å². The Labute approximate surface area is 101 Å². The van der Waals surface area contributed by atoms with E-state index in [1.165, 1.54) is 0 Å². The molecule has 0 saturated heterocycles. The fourth-order valence-corrected chi connectivity index (χ4v) is 2.32. The molecule has 0 radical (unpaired) electrons. The second-order valence-electron chi connectivity index (χ2n) is 3.17. The minimum absolute atomic E-state index is 0.584. The van der Waals surface area contributed by atoms with Gasteiger partial charge in [0, 0.05) is 11.3 Å². The van der Waals surface area contributed by atoms with Crippen LogP contribution < -0.4 is 4.74 Å². The SMILES string of the molecule is COc1cc(CCCl)c2c(cnn2Br)c1. The molecule has 0 unspecified atom stereocenters. The molecule has 0 spiro atoms. The number of aromatic nitrogens is 2. The Hall–Kier alpha value is -0.740. The van der Waals surface area contributed by atoms with E-state index in [0.29, 0.717) is 5.88 Å². The molecule has 5 heteroatoms. The van der Waals surface area contributed by atoms with Gasteiger partial charge in [-0.05, 0) is 24.1 Å². The first kappa shape index (κ1) is 10.8. The first-order valence-corrected chi connectivity index (χ1v) is 5.77. The normalized spacial score (nSPS) is 10.9. The smallest absolute Gasteiger partial charge is 0.119 e. The predicted octanol–water partition coefficient (Wildman–Crippen LogP) is 2.98. The third-order valence-corrected chi connectivity index (χ3v) is 3.00. The van der Waals surface area contributed by atoms with E-state index < -0.39 is 0 Å². The summed E-state index contributed by atoms with van der Waals surface area (Å²) in [6.07, 6.45) is 2.59. The highest BCUT2D eigenvalue weighted by Gasteiger charge is 2.09. The molecular weight excluding hydrogens is 279 g/mol. The number of ether oxygens (including phenoxy) is 1. The van der Waals surface area contributed by atoms with Gasteiger partial charge in [0.2, 0.25) is 0 Å². The maximum Gasteiger partial charge on any atom is 0.119 e. The number of rotatable bonds is 3. The molecule has 0 atom stereocenters. The van der Waals surface area contributed by atoms with Gasteiger partial charge in [-0.15, -0.1) is 11.6 Å². The number of methoxy groups -OCH3 is 1. The van der Waals surface area contributed by atoms with E-state index in [1.807, 2.05) is 12.1 Å². The van der Waals surface area contributed by atoms with Gasteiger partial charge in [0.05, 0.1) is 35.0 Å². The Balaban J connectivity index is 2.66. The van der Waals surface area contributed by atoms with Crippen LogP contribution in [0.1, 0.15) is 5.56 Å². The van der Waals surface area contributed by atoms with Crippen molar-refractivity contribution in [3.8, 4) is 5.75 Å². The fraction of sp³-hybridized carbons (Fsp3) is 0.300. The van der Waals surface area contributed by atoms with Crippen LogP contribution in [0.5, 0.6) is 5.75 Å². The van der Waals surface area contributed by atoms with Crippen LogP contribution in [-0.4, -0.2) is 21.8 Å². The molecule has 0 aliphatic carbocycles. The summed E-state index contributed by atoms with van der Waals surface area (Å²) in [6, 6.07) is 3.95. The van der Waals surface area contributed by atoms with Crippen LogP contribution in [0.4, 0.5) is 0 Å². The van der Waals surface area contributed by atoms with Crippen molar-refractivity contribution in [2.45, 2.75) is 6.42 Å². The predicted molar refractivity (Wildman–Crippen MR) is 65.0 cm³/mol. The Morgan fingerprint density at radius 2 is 2.33 bits per heavy atom. The van der Waals surface area contributed by atoms with Crippen LogP contribution in [0, 0.1) is 0 Å². The van der Waals surface area contributed by atoms with Gasteiger partial charge in [-0.3, -0.25) is 0 Å². The summed E-state index contributed by atoms with van der Waals surface area (Å²) in [5, 5.41) is 5.20. The molecule has 1 aromatic heterocycles. The Morgan fingerprint density at radius 3 is 3.00 bits per heavy atom. The minimum Gasteiger partial charge on any atom is -0.497 e. The maximum atomic E-state index is 5.77. The van der Waals surface area contributed by atoms with Crippen molar-refractivity contribution in [3.63, 3.8) is 0 Å². The van der Waals surface area contributed by atoms with Crippen LogP contribution in [0.2, 0.25) is 0 Å².